The van der Waals surface area contributed by atoms with E-state index in [9.17, 15) is 9.59 Å². The van der Waals surface area contributed by atoms with Crippen molar-refractivity contribution in [1.82, 2.24) is 0 Å². The van der Waals surface area contributed by atoms with Crippen LogP contribution in [0.25, 0.3) is 11.0 Å². The third-order valence-corrected chi connectivity index (χ3v) is 3.59. The summed E-state index contributed by atoms with van der Waals surface area (Å²) in [7, 11) is 1.31. The molecule has 0 bridgehead atoms. The SMILES string of the molecule is COC(=O)[C@H](c1ccccc1)c1coc2ccccc2c1=O. The molecule has 2 aromatic carbocycles. The zero-order valence-corrected chi connectivity index (χ0v) is 12.0. The molecule has 0 radical (unpaired) electrons. The molecule has 0 aliphatic heterocycles. The first-order valence-electron chi connectivity index (χ1n) is 6.85. The fourth-order valence-electron chi connectivity index (χ4n) is 2.50. The molecule has 0 saturated heterocycles. The van der Waals surface area contributed by atoms with Gasteiger partial charge >= 0.3 is 5.97 Å². The van der Waals surface area contributed by atoms with Crippen LogP contribution < -0.4 is 5.43 Å². The molecule has 1 aromatic heterocycles. The van der Waals surface area contributed by atoms with Gasteiger partial charge in [-0.05, 0) is 17.7 Å². The molecule has 0 saturated carbocycles. The fourth-order valence-corrected chi connectivity index (χ4v) is 2.50. The predicted molar refractivity (Wildman–Crippen MR) is 82.8 cm³/mol. The van der Waals surface area contributed by atoms with Crippen molar-refractivity contribution in [3.63, 3.8) is 0 Å². The molecule has 22 heavy (non-hydrogen) atoms. The van der Waals surface area contributed by atoms with Gasteiger partial charge in [-0.15, -0.1) is 0 Å². The van der Waals surface area contributed by atoms with E-state index >= 15 is 0 Å². The maximum atomic E-state index is 12.7. The van der Waals surface area contributed by atoms with Crippen molar-refractivity contribution >= 4 is 16.9 Å². The summed E-state index contributed by atoms with van der Waals surface area (Å²) in [6.07, 6.45) is 1.35. The summed E-state index contributed by atoms with van der Waals surface area (Å²) in [4.78, 5) is 24.9. The topological polar surface area (TPSA) is 56.5 Å². The van der Waals surface area contributed by atoms with Crippen molar-refractivity contribution < 1.29 is 13.9 Å². The van der Waals surface area contributed by atoms with E-state index in [1.54, 1.807) is 36.4 Å². The summed E-state index contributed by atoms with van der Waals surface area (Å²) in [6, 6.07) is 16.0. The van der Waals surface area contributed by atoms with E-state index in [2.05, 4.69) is 0 Å². The smallest absolute Gasteiger partial charge is 0.317 e. The number of fused-ring (bicyclic) bond motifs is 1. The Kier molecular flexibility index (Phi) is 3.74. The van der Waals surface area contributed by atoms with Crippen molar-refractivity contribution in [3.8, 4) is 0 Å². The highest BCUT2D eigenvalue weighted by Crippen LogP contribution is 2.25. The summed E-state index contributed by atoms with van der Waals surface area (Å²) in [6.45, 7) is 0. The lowest BCUT2D eigenvalue weighted by atomic mass is 9.92. The third kappa shape index (κ3) is 2.39. The highest BCUT2D eigenvalue weighted by Gasteiger charge is 2.27. The molecule has 0 aliphatic rings. The van der Waals surface area contributed by atoms with Crippen LogP contribution in [-0.4, -0.2) is 13.1 Å². The lowest BCUT2D eigenvalue weighted by molar-refractivity contribution is -0.141. The van der Waals surface area contributed by atoms with Crippen LogP contribution in [0.2, 0.25) is 0 Å². The summed E-state index contributed by atoms with van der Waals surface area (Å²) in [5.41, 5.74) is 1.24. The number of methoxy groups -OCH3 is 1. The minimum Gasteiger partial charge on any atom is -0.468 e. The van der Waals surface area contributed by atoms with Gasteiger partial charge in [0.05, 0.1) is 24.3 Å². The van der Waals surface area contributed by atoms with Crippen molar-refractivity contribution in [1.29, 1.82) is 0 Å². The minimum absolute atomic E-state index is 0.221. The lowest BCUT2D eigenvalue weighted by Gasteiger charge is -2.14. The fraction of sp³-hybridized carbons (Fsp3) is 0.111. The number of benzene rings is 2. The first kappa shape index (κ1) is 14.1. The number of ether oxygens (including phenoxy) is 1. The number of carbonyl (C=O) groups is 1. The Labute approximate surface area is 127 Å². The van der Waals surface area contributed by atoms with Crippen LogP contribution in [0.5, 0.6) is 0 Å². The summed E-state index contributed by atoms with van der Waals surface area (Å²) < 4.78 is 10.4. The lowest BCUT2D eigenvalue weighted by Crippen LogP contribution is -2.22. The molecular formula is C18H14O4. The quantitative estimate of drug-likeness (QED) is 0.696. The van der Waals surface area contributed by atoms with Crippen molar-refractivity contribution in [3.05, 3.63) is 82.2 Å². The van der Waals surface area contributed by atoms with Gasteiger partial charge in [0, 0.05) is 0 Å². The van der Waals surface area contributed by atoms with Crippen LogP contribution in [-0.2, 0) is 9.53 Å². The average Bonchev–Trinajstić information content (AvgIpc) is 2.58. The summed E-state index contributed by atoms with van der Waals surface area (Å²) in [5, 5.41) is 0.449. The Bertz CT molecular complexity index is 865. The first-order chi connectivity index (χ1) is 10.7. The van der Waals surface area contributed by atoms with Crippen LogP contribution in [0.15, 0.2) is 70.1 Å². The van der Waals surface area contributed by atoms with Crippen LogP contribution in [0.4, 0.5) is 0 Å². The van der Waals surface area contributed by atoms with Crippen molar-refractivity contribution in [2.24, 2.45) is 0 Å². The van der Waals surface area contributed by atoms with Crippen molar-refractivity contribution in [2.75, 3.05) is 7.11 Å². The highest BCUT2D eigenvalue weighted by atomic mass is 16.5. The first-order valence-corrected chi connectivity index (χ1v) is 6.85. The normalized spacial score (nSPS) is 12.0. The Balaban J connectivity index is 2.23. The maximum Gasteiger partial charge on any atom is 0.317 e. The zero-order chi connectivity index (χ0) is 15.5. The van der Waals surface area contributed by atoms with Gasteiger partial charge in [-0.2, -0.15) is 0 Å². The highest BCUT2D eigenvalue weighted by molar-refractivity contribution is 5.84. The minimum atomic E-state index is -0.799. The summed E-state index contributed by atoms with van der Waals surface area (Å²) >= 11 is 0. The van der Waals surface area contributed by atoms with Gasteiger partial charge < -0.3 is 9.15 Å². The van der Waals surface area contributed by atoms with Gasteiger partial charge in [0.1, 0.15) is 11.5 Å². The van der Waals surface area contributed by atoms with Gasteiger partial charge in [-0.3, -0.25) is 9.59 Å². The molecule has 1 atom stereocenters. The van der Waals surface area contributed by atoms with Crippen LogP contribution in [0, 0.1) is 0 Å². The Hall–Kier alpha value is -2.88. The average molecular weight is 294 g/mol. The van der Waals surface area contributed by atoms with E-state index in [1.165, 1.54) is 13.4 Å². The molecule has 4 heteroatoms. The number of esters is 1. The second-order valence-corrected chi connectivity index (χ2v) is 4.88. The number of hydrogen-bond donors (Lipinski definition) is 0. The Morgan fingerprint density at radius 1 is 1.05 bits per heavy atom. The monoisotopic (exact) mass is 294 g/mol. The number of para-hydroxylation sites is 1. The molecule has 4 nitrogen and oxygen atoms in total. The summed E-state index contributed by atoms with van der Waals surface area (Å²) in [5.74, 6) is -1.29. The van der Waals surface area contributed by atoms with E-state index in [0.717, 1.165) is 0 Å². The van der Waals surface area contributed by atoms with Crippen LogP contribution >= 0.6 is 0 Å². The van der Waals surface area contributed by atoms with E-state index in [-0.39, 0.29) is 11.0 Å². The van der Waals surface area contributed by atoms with Gasteiger partial charge in [0.25, 0.3) is 0 Å². The third-order valence-electron chi connectivity index (χ3n) is 3.59. The van der Waals surface area contributed by atoms with Crippen molar-refractivity contribution in [2.45, 2.75) is 5.92 Å². The van der Waals surface area contributed by atoms with Gasteiger partial charge in [0.15, 0.2) is 5.43 Å². The molecular weight excluding hydrogens is 280 g/mol. The maximum absolute atomic E-state index is 12.7. The Morgan fingerprint density at radius 2 is 1.73 bits per heavy atom. The molecule has 0 spiro atoms. The molecule has 3 rings (SSSR count). The largest absolute Gasteiger partial charge is 0.468 e. The second-order valence-electron chi connectivity index (χ2n) is 4.88. The molecule has 1 heterocycles. The van der Waals surface area contributed by atoms with Gasteiger partial charge in [-0.1, -0.05) is 42.5 Å². The molecule has 0 fully saturated rings. The second kappa shape index (κ2) is 5.85. The van der Waals surface area contributed by atoms with E-state index in [1.807, 2.05) is 18.2 Å². The van der Waals surface area contributed by atoms with E-state index in [0.29, 0.717) is 16.5 Å². The predicted octanol–water partition coefficient (Wildman–Crippen LogP) is 3.10. The van der Waals surface area contributed by atoms with E-state index < -0.39 is 11.9 Å². The Morgan fingerprint density at radius 3 is 2.45 bits per heavy atom. The molecule has 0 amide bonds. The molecule has 0 aliphatic carbocycles. The van der Waals surface area contributed by atoms with Crippen LogP contribution in [0.1, 0.15) is 17.0 Å². The molecule has 0 unspecified atom stereocenters. The van der Waals surface area contributed by atoms with Gasteiger partial charge in [0.2, 0.25) is 0 Å². The molecule has 3 aromatic rings. The molecule has 0 N–H and O–H groups in total. The standard InChI is InChI=1S/C18H14O4/c1-21-18(20)16(12-7-3-2-4-8-12)14-11-22-15-10-6-5-9-13(15)17(14)19/h2-11,16H,1H3/t16-/m1/s1. The number of rotatable bonds is 3. The number of hydrogen-bond acceptors (Lipinski definition) is 4. The number of carbonyl (C=O) groups excluding carboxylic acids is 1. The van der Waals surface area contributed by atoms with E-state index in [4.69, 9.17) is 9.15 Å². The van der Waals surface area contributed by atoms with Crippen LogP contribution in [0.3, 0.4) is 0 Å². The van der Waals surface area contributed by atoms with Gasteiger partial charge in [-0.25, -0.2) is 0 Å². The zero-order valence-electron chi connectivity index (χ0n) is 12.0. The molecule has 110 valence electrons.